The van der Waals surface area contributed by atoms with E-state index in [-0.39, 0.29) is 18.1 Å². The van der Waals surface area contributed by atoms with Crippen LogP contribution in [0.15, 0.2) is 40.9 Å². The summed E-state index contributed by atoms with van der Waals surface area (Å²) in [5.74, 6) is 1.43. The number of hydrogen-bond donors (Lipinski definition) is 1. The summed E-state index contributed by atoms with van der Waals surface area (Å²) in [5, 5.41) is 17.1. The first-order valence-corrected chi connectivity index (χ1v) is 11.0. The van der Waals surface area contributed by atoms with E-state index in [1.165, 1.54) is 0 Å². The summed E-state index contributed by atoms with van der Waals surface area (Å²) in [4.78, 5) is 18.1. The normalized spacial score (nSPS) is 14.7. The van der Waals surface area contributed by atoms with Crippen LogP contribution in [0.25, 0.3) is 22.8 Å². The maximum atomic E-state index is 12.0. The number of nitrogens with zero attached hydrogens (tertiary/aromatic N) is 4. The first-order valence-electron chi connectivity index (χ1n) is 11.0. The zero-order valence-corrected chi connectivity index (χ0v) is 19.3. The van der Waals surface area contributed by atoms with Crippen LogP contribution in [0.1, 0.15) is 43.0 Å². The predicted molar refractivity (Wildman–Crippen MR) is 123 cm³/mol. The molecule has 1 amide bonds. The Morgan fingerprint density at radius 1 is 1.33 bits per heavy atom. The molecule has 2 aromatic carbocycles. The van der Waals surface area contributed by atoms with Crippen LogP contribution < -0.4 is 10.1 Å². The van der Waals surface area contributed by atoms with Crippen LogP contribution in [-0.2, 0) is 11.2 Å². The molecule has 0 bridgehead atoms. The molecule has 0 saturated carbocycles. The lowest BCUT2D eigenvalue weighted by Crippen LogP contribution is -2.34. The molecule has 33 heavy (non-hydrogen) atoms. The van der Waals surface area contributed by atoms with Gasteiger partial charge >= 0.3 is 0 Å². The smallest absolute Gasteiger partial charge is 0.258 e. The van der Waals surface area contributed by atoms with E-state index in [0.29, 0.717) is 35.1 Å². The average molecular weight is 446 g/mol. The number of hydrogen-bond acceptors (Lipinski definition) is 7. The Balaban J connectivity index is 1.58. The topological polar surface area (TPSA) is 104 Å². The summed E-state index contributed by atoms with van der Waals surface area (Å²) in [5.41, 5.74) is 4.33. The van der Waals surface area contributed by atoms with Crippen molar-refractivity contribution in [2.24, 2.45) is 0 Å². The van der Waals surface area contributed by atoms with E-state index in [1.54, 1.807) is 31.1 Å². The predicted octanol–water partition coefficient (Wildman–Crippen LogP) is 3.73. The Morgan fingerprint density at radius 2 is 2.15 bits per heavy atom. The molecule has 0 saturated heterocycles. The van der Waals surface area contributed by atoms with Gasteiger partial charge in [-0.3, -0.25) is 4.79 Å². The minimum atomic E-state index is -0.0301. The molecule has 1 N–H and O–H groups in total. The number of likely N-dealkylation sites (N-methyl/N-ethyl adjacent to an activating group) is 1. The number of nitrogens with one attached hydrogen (secondary N) is 1. The highest BCUT2D eigenvalue weighted by Gasteiger charge is 2.27. The molecule has 0 spiro atoms. The first-order chi connectivity index (χ1) is 15.9. The van der Waals surface area contributed by atoms with Crippen molar-refractivity contribution in [1.82, 2.24) is 20.4 Å². The van der Waals surface area contributed by atoms with Gasteiger partial charge in [-0.2, -0.15) is 10.2 Å². The SMILES string of the molecule is CC(C)Oc1ccc(-c2nc(-c3cccc4c3CCC4NCC(=O)N(C)C)no2)cc1C#N. The van der Waals surface area contributed by atoms with Gasteiger partial charge in [0.15, 0.2) is 0 Å². The third-order valence-corrected chi connectivity index (χ3v) is 5.65. The van der Waals surface area contributed by atoms with Crippen LogP contribution in [0.5, 0.6) is 5.75 Å². The van der Waals surface area contributed by atoms with Gasteiger partial charge < -0.3 is 19.5 Å². The van der Waals surface area contributed by atoms with Crippen molar-refractivity contribution in [1.29, 1.82) is 5.26 Å². The third kappa shape index (κ3) is 4.73. The Labute approximate surface area is 193 Å². The van der Waals surface area contributed by atoms with E-state index >= 15 is 0 Å². The molecular weight excluding hydrogens is 418 g/mol. The van der Waals surface area contributed by atoms with Crippen molar-refractivity contribution < 1.29 is 14.1 Å². The van der Waals surface area contributed by atoms with Crippen LogP contribution in [0.3, 0.4) is 0 Å². The van der Waals surface area contributed by atoms with Gasteiger partial charge in [-0.1, -0.05) is 23.4 Å². The number of rotatable bonds is 7. The van der Waals surface area contributed by atoms with Gasteiger partial charge in [-0.05, 0) is 56.0 Å². The number of aromatic nitrogens is 2. The summed E-state index contributed by atoms with van der Waals surface area (Å²) in [6, 6.07) is 13.6. The molecule has 170 valence electrons. The summed E-state index contributed by atoms with van der Waals surface area (Å²) in [6.45, 7) is 4.13. The number of carbonyl (C=O) groups is 1. The fraction of sp³-hybridized carbons (Fsp3) is 0.360. The molecule has 1 unspecified atom stereocenters. The minimum absolute atomic E-state index is 0.0301. The molecule has 1 atom stereocenters. The van der Waals surface area contributed by atoms with Crippen molar-refractivity contribution in [3.63, 3.8) is 0 Å². The highest BCUT2D eigenvalue weighted by atomic mass is 16.5. The molecule has 4 rings (SSSR count). The van der Waals surface area contributed by atoms with E-state index in [9.17, 15) is 10.1 Å². The van der Waals surface area contributed by atoms with Crippen molar-refractivity contribution in [3.8, 4) is 34.7 Å². The Hall–Kier alpha value is -3.70. The van der Waals surface area contributed by atoms with Gasteiger partial charge in [-0.15, -0.1) is 0 Å². The van der Waals surface area contributed by atoms with Gasteiger partial charge in [-0.25, -0.2) is 0 Å². The van der Waals surface area contributed by atoms with Crippen LogP contribution in [0, 0.1) is 11.3 Å². The molecule has 0 fully saturated rings. The molecule has 1 aliphatic rings. The zero-order chi connectivity index (χ0) is 23.5. The second-order valence-electron chi connectivity index (χ2n) is 8.55. The van der Waals surface area contributed by atoms with Gasteiger partial charge in [0.25, 0.3) is 5.89 Å². The first kappa shape index (κ1) is 22.5. The van der Waals surface area contributed by atoms with E-state index in [0.717, 1.165) is 29.5 Å². The second kappa shape index (κ2) is 9.43. The Kier molecular flexibility index (Phi) is 6.43. The molecule has 0 aliphatic heterocycles. The van der Waals surface area contributed by atoms with Crippen LogP contribution in [0.4, 0.5) is 0 Å². The minimum Gasteiger partial charge on any atom is -0.490 e. The fourth-order valence-electron chi connectivity index (χ4n) is 4.00. The zero-order valence-electron chi connectivity index (χ0n) is 19.3. The lowest BCUT2D eigenvalue weighted by Gasteiger charge is -2.16. The molecular formula is C25H27N5O3. The van der Waals surface area contributed by atoms with Crippen LogP contribution >= 0.6 is 0 Å². The monoisotopic (exact) mass is 445 g/mol. The summed E-state index contributed by atoms with van der Waals surface area (Å²) in [7, 11) is 3.51. The summed E-state index contributed by atoms with van der Waals surface area (Å²) < 4.78 is 11.2. The highest BCUT2D eigenvalue weighted by Crippen LogP contribution is 2.37. The molecule has 8 nitrogen and oxygen atoms in total. The Morgan fingerprint density at radius 3 is 2.88 bits per heavy atom. The molecule has 1 heterocycles. The van der Waals surface area contributed by atoms with E-state index in [4.69, 9.17) is 9.26 Å². The fourth-order valence-corrected chi connectivity index (χ4v) is 4.00. The summed E-state index contributed by atoms with van der Waals surface area (Å²) in [6.07, 6.45) is 1.74. The number of benzene rings is 2. The number of nitriles is 1. The van der Waals surface area contributed by atoms with Crippen molar-refractivity contribution in [2.75, 3.05) is 20.6 Å². The number of fused-ring (bicyclic) bond motifs is 1. The Bertz CT molecular complexity index is 1210. The van der Waals surface area contributed by atoms with Gasteiger partial charge in [0.1, 0.15) is 11.8 Å². The third-order valence-electron chi connectivity index (χ3n) is 5.65. The molecule has 8 heteroatoms. The number of amides is 1. The van der Waals surface area contributed by atoms with Gasteiger partial charge in [0.2, 0.25) is 11.7 Å². The van der Waals surface area contributed by atoms with Crippen molar-refractivity contribution in [3.05, 3.63) is 53.1 Å². The largest absolute Gasteiger partial charge is 0.490 e. The standard InChI is InChI=1S/C25H27N5O3/c1-15(2)32-22-11-8-16(12-17(22)13-26)25-28-24(29-33-25)20-7-5-6-19-18(20)9-10-21(19)27-14-23(31)30(3)4/h5-8,11-12,15,21,27H,9-10,14H2,1-4H3. The van der Waals surface area contributed by atoms with Crippen molar-refractivity contribution in [2.45, 2.75) is 38.8 Å². The quantitative estimate of drug-likeness (QED) is 0.591. The average Bonchev–Trinajstić information content (AvgIpc) is 3.44. The molecule has 1 aromatic heterocycles. The number of carbonyl (C=O) groups excluding carboxylic acids is 1. The van der Waals surface area contributed by atoms with Crippen LogP contribution in [0.2, 0.25) is 0 Å². The molecule has 3 aromatic rings. The molecule has 1 aliphatic carbocycles. The lowest BCUT2D eigenvalue weighted by molar-refractivity contribution is -0.127. The maximum Gasteiger partial charge on any atom is 0.258 e. The van der Waals surface area contributed by atoms with Crippen LogP contribution in [-0.4, -0.2) is 47.7 Å². The lowest BCUT2D eigenvalue weighted by atomic mass is 10.0. The van der Waals surface area contributed by atoms with Crippen molar-refractivity contribution >= 4 is 5.91 Å². The van der Waals surface area contributed by atoms with E-state index in [1.807, 2.05) is 32.0 Å². The van der Waals surface area contributed by atoms with E-state index < -0.39 is 0 Å². The molecule has 0 radical (unpaired) electrons. The highest BCUT2D eigenvalue weighted by molar-refractivity contribution is 5.77. The maximum absolute atomic E-state index is 12.0. The van der Waals surface area contributed by atoms with Gasteiger partial charge in [0.05, 0.1) is 18.2 Å². The second-order valence-corrected chi connectivity index (χ2v) is 8.55. The summed E-state index contributed by atoms with van der Waals surface area (Å²) >= 11 is 0. The van der Waals surface area contributed by atoms with Gasteiger partial charge in [0, 0.05) is 31.3 Å². The number of ether oxygens (including phenoxy) is 1. The van der Waals surface area contributed by atoms with E-state index in [2.05, 4.69) is 27.6 Å².